The number of anilines is 2. The van der Waals surface area contributed by atoms with Gasteiger partial charge in [-0.2, -0.15) is 0 Å². The molecule has 0 bridgehead atoms. The molecular formula is C21H24N4O4. The number of benzene rings is 2. The fourth-order valence-electron chi connectivity index (χ4n) is 2.69. The van der Waals surface area contributed by atoms with Crippen molar-refractivity contribution in [1.82, 2.24) is 0 Å². The van der Waals surface area contributed by atoms with Gasteiger partial charge in [-0.1, -0.05) is 18.2 Å². The lowest BCUT2D eigenvalue weighted by Gasteiger charge is -2.11. The molecule has 0 heterocycles. The summed E-state index contributed by atoms with van der Waals surface area (Å²) in [6.45, 7) is 0. The van der Waals surface area contributed by atoms with Gasteiger partial charge in [0.1, 0.15) is 5.84 Å². The number of nitrogens with one attached hydrogen (secondary N) is 3. The zero-order valence-electron chi connectivity index (χ0n) is 15.9. The largest absolute Gasteiger partial charge is 0.481 e. The van der Waals surface area contributed by atoms with Crippen molar-refractivity contribution in [3.05, 3.63) is 59.7 Å². The normalized spacial score (nSPS) is 10.2. The summed E-state index contributed by atoms with van der Waals surface area (Å²) in [5, 5.41) is 21.6. The zero-order chi connectivity index (χ0) is 21.2. The molecule has 2 aromatic rings. The lowest BCUT2D eigenvalue weighted by molar-refractivity contribution is -0.137. The second-order valence-electron chi connectivity index (χ2n) is 6.49. The van der Waals surface area contributed by atoms with E-state index in [4.69, 9.17) is 16.2 Å². The Morgan fingerprint density at radius 1 is 0.897 bits per heavy atom. The van der Waals surface area contributed by atoms with Crippen molar-refractivity contribution in [3.8, 4) is 0 Å². The van der Waals surface area contributed by atoms with Crippen LogP contribution in [0.25, 0.3) is 0 Å². The van der Waals surface area contributed by atoms with Crippen LogP contribution < -0.4 is 16.4 Å². The van der Waals surface area contributed by atoms with E-state index in [1.807, 2.05) is 12.1 Å². The van der Waals surface area contributed by atoms with Crippen LogP contribution in [0.4, 0.5) is 11.4 Å². The highest BCUT2D eigenvalue weighted by atomic mass is 16.4. The number of nitrogens with two attached hydrogens (primary N) is 1. The molecule has 2 amide bonds. The molecule has 29 heavy (non-hydrogen) atoms. The minimum atomic E-state index is -0.853. The Kier molecular flexibility index (Phi) is 7.90. The Morgan fingerprint density at radius 2 is 1.52 bits per heavy atom. The number of carbonyl (C=O) groups excluding carboxylic acids is 2. The van der Waals surface area contributed by atoms with Crippen LogP contribution in [-0.4, -0.2) is 28.7 Å². The molecule has 2 rings (SSSR count). The fourth-order valence-corrected chi connectivity index (χ4v) is 2.69. The number of carboxylic acids is 1. The molecule has 0 aromatic heterocycles. The van der Waals surface area contributed by atoms with Crippen LogP contribution in [0, 0.1) is 5.41 Å². The van der Waals surface area contributed by atoms with Gasteiger partial charge in [-0.15, -0.1) is 0 Å². The van der Waals surface area contributed by atoms with Gasteiger partial charge in [0.15, 0.2) is 0 Å². The number of amides is 2. The van der Waals surface area contributed by atoms with Gasteiger partial charge in [0.05, 0.1) is 0 Å². The number of nitrogen functional groups attached to an aromatic ring is 1. The molecule has 0 spiro atoms. The Balaban J connectivity index is 1.82. The molecule has 8 nitrogen and oxygen atoms in total. The number of rotatable bonds is 10. The van der Waals surface area contributed by atoms with Crippen molar-refractivity contribution in [2.75, 3.05) is 10.6 Å². The fraction of sp³-hybridized carbons (Fsp3) is 0.238. The maximum Gasteiger partial charge on any atom is 0.303 e. The van der Waals surface area contributed by atoms with Gasteiger partial charge in [-0.25, -0.2) is 0 Å². The number of carboxylic acid groups (broad SMARTS) is 1. The first-order chi connectivity index (χ1) is 13.8. The third kappa shape index (κ3) is 7.45. The minimum absolute atomic E-state index is 0.0147. The number of para-hydroxylation sites is 1. The number of hydrogen-bond acceptors (Lipinski definition) is 4. The van der Waals surface area contributed by atoms with Gasteiger partial charge in [0.2, 0.25) is 11.8 Å². The zero-order valence-corrected chi connectivity index (χ0v) is 15.9. The molecule has 2 aromatic carbocycles. The van der Waals surface area contributed by atoms with Gasteiger partial charge in [0.25, 0.3) is 0 Å². The van der Waals surface area contributed by atoms with E-state index >= 15 is 0 Å². The van der Waals surface area contributed by atoms with E-state index in [1.54, 1.807) is 36.4 Å². The molecule has 0 atom stereocenters. The Labute approximate surface area is 168 Å². The standard InChI is InChI=1S/C21H24N4O4/c22-21(23)15-8-10-16(11-9-15)24-18(26)12-13-19(27)25-17-6-2-1-4-14(17)5-3-7-20(28)29/h1-2,4,6,8-11H,3,5,7,12-13H2,(H3,22,23)(H,24,26)(H,25,27)(H,28,29). The first-order valence-corrected chi connectivity index (χ1v) is 9.19. The van der Waals surface area contributed by atoms with Crippen molar-refractivity contribution >= 4 is 35.0 Å². The SMILES string of the molecule is N=C(N)c1ccc(NC(=O)CCC(=O)Nc2ccccc2CCCC(=O)O)cc1. The smallest absolute Gasteiger partial charge is 0.303 e. The maximum absolute atomic E-state index is 12.2. The second-order valence-corrected chi connectivity index (χ2v) is 6.49. The Bertz CT molecular complexity index is 894. The van der Waals surface area contributed by atoms with Crippen LogP contribution in [-0.2, 0) is 20.8 Å². The van der Waals surface area contributed by atoms with Crippen LogP contribution in [0.1, 0.15) is 36.8 Å². The number of carbonyl (C=O) groups is 3. The number of amidine groups is 1. The van der Waals surface area contributed by atoms with E-state index in [2.05, 4.69) is 10.6 Å². The average molecular weight is 396 g/mol. The lowest BCUT2D eigenvalue weighted by Crippen LogP contribution is -2.18. The van der Waals surface area contributed by atoms with Gasteiger partial charge in [-0.3, -0.25) is 19.8 Å². The van der Waals surface area contributed by atoms with Crippen molar-refractivity contribution < 1.29 is 19.5 Å². The molecule has 8 heteroatoms. The van der Waals surface area contributed by atoms with E-state index in [9.17, 15) is 14.4 Å². The van der Waals surface area contributed by atoms with Crippen molar-refractivity contribution in [2.45, 2.75) is 32.1 Å². The van der Waals surface area contributed by atoms with E-state index < -0.39 is 5.97 Å². The average Bonchev–Trinajstić information content (AvgIpc) is 2.68. The van der Waals surface area contributed by atoms with Crippen LogP contribution in [0.2, 0.25) is 0 Å². The highest BCUT2D eigenvalue weighted by Gasteiger charge is 2.10. The summed E-state index contributed by atoms with van der Waals surface area (Å²) in [7, 11) is 0. The molecular weight excluding hydrogens is 372 g/mol. The molecule has 0 aliphatic carbocycles. The van der Waals surface area contributed by atoms with Crippen LogP contribution >= 0.6 is 0 Å². The molecule has 0 unspecified atom stereocenters. The number of hydrogen-bond donors (Lipinski definition) is 5. The van der Waals surface area contributed by atoms with Gasteiger partial charge in [0, 0.05) is 36.2 Å². The first-order valence-electron chi connectivity index (χ1n) is 9.19. The predicted molar refractivity (Wildman–Crippen MR) is 111 cm³/mol. The van der Waals surface area contributed by atoms with E-state index in [0.717, 1.165) is 5.56 Å². The summed E-state index contributed by atoms with van der Waals surface area (Å²) in [4.78, 5) is 34.9. The monoisotopic (exact) mass is 396 g/mol. The van der Waals surface area contributed by atoms with Gasteiger partial charge < -0.3 is 21.5 Å². The molecule has 152 valence electrons. The third-order valence-corrected chi connectivity index (χ3v) is 4.19. The topological polar surface area (TPSA) is 145 Å². The maximum atomic E-state index is 12.2. The molecule has 0 aliphatic rings. The van der Waals surface area contributed by atoms with Crippen molar-refractivity contribution in [1.29, 1.82) is 5.41 Å². The highest BCUT2D eigenvalue weighted by Crippen LogP contribution is 2.18. The summed E-state index contributed by atoms with van der Waals surface area (Å²) in [6.07, 6.45) is 1.12. The molecule has 0 saturated carbocycles. The molecule has 0 aliphatic heterocycles. The van der Waals surface area contributed by atoms with Gasteiger partial charge in [-0.05, 0) is 48.7 Å². The van der Waals surface area contributed by atoms with Gasteiger partial charge >= 0.3 is 5.97 Å². The summed E-state index contributed by atoms with van der Waals surface area (Å²) in [6, 6.07) is 13.8. The van der Waals surface area contributed by atoms with Crippen molar-refractivity contribution in [3.63, 3.8) is 0 Å². The molecule has 6 N–H and O–H groups in total. The van der Waals surface area contributed by atoms with Crippen molar-refractivity contribution in [2.24, 2.45) is 5.73 Å². The predicted octanol–water partition coefficient (Wildman–Crippen LogP) is 2.74. The second kappa shape index (κ2) is 10.6. The minimum Gasteiger partial charge on any atom is -0.481 e. The van der Waals surface area contributed by atoms with Crippen LogP contribution in [0.3, 0.4) is 0 Å². The van der Waals surface area contributed by atoms with E-state index in [-0.39, 0.29) is 36.9 Å². The quantitative estimate of drug-likeness (QED) is 0.310. The molecule has 0 fully saturated rings. The Hall–Kier alpha value is -3.68. The summed E-state index contributed by atoms with van der Waals surface area (Å²) in [5.41, 5.74) is 7.99. The summed E-state index contributed by atoms with van der Waals surface area (Å²) >= 11 is 0. The lowest BCUT2D eigenvalue weighted by atomic mass is 10.1. The van der Waals surface area contributed by atoms with E-state index in [1.165, 1.54) is 0 Å². The third-order valence-electron chi connectivity index (χ3n) is 4.19. The molecule has 0 saturated heterocycles. The first kappa shape index (κ1) is 21.6. The van der Waals surface area contributed by atoms with E-state index in [0.29, 0.717) is 29.8 Å². The number of aryl methyl sites for hydroxylation is 1. The van der Waals surface area contributed by atoms with Crippen LogP contribution in [0.5, 0.6) is 0 Å². The Morgan fingerprint density at radius 3 is 2.14 bits per heavy atom. The summed E-state index contributed by atoms with van der Waals surface area (Å²) in [5.74, 6) is -1.50. The van der Waals surface area contributed by atoms with Crippen LogP contribution in [0.15, 0.2) is 48.5 Å². The summed E-state index contributed by atoms with van der Waals surface area (Å²) < 4.78 is 0. The molecule has 0 radical (unpaired) electrons. The highest BCUT2D eigenvalue weighted by molar-refractivity contribution is 5.98. The number of aliphatic carboxylic acids is 1.